The highest BCUT2D eigenvalue weighted by molar-refractivity contribution is 5.76. The van der Waals surface area contributed by atoms with E-state index in [-0.39, 0.29) is 11.9 Å². The maximum Gasteiger partial charge on any atom is 0.417 e. The van der Waals surface area contributed by atoms with Crippen LogP contribution in [0.15, 0.2) is 18.2 Å². The molecule has 118 valence electrons. The molecule has 0 radical (unpaired) electrons. The molecule has 0 aromatic heterocycles. The molecule has 0 aliphatic carbocycles. The Balaban J connectivity index is 2.09. The van der Waals surface area contributed by atoms with E-state index in [0.717, 1.165) is 12.5 Å². The lowest BCUT2D eigenvalue weighted by Crippen LogP contribution is -2.30. The largest absolute Gasteiger partial charge is 0.417 e. The van der Waals surface area contributed by atoms with Crippen LogP contribution in [0.4, 0.5) is 18.9 Å². The van der Waals surface area contributed by atoms with Crippen LogP contribution in [0.5, 0.6) is 0 Å². The summed E-state index contributed by atoms with van der Waals surface area (Å²) in [5.41, 5.74) is -0.882. The number of rotatable bonds is 3. The Morgan fingerprint density at radius 1 is 1.50 bits per heavy atom. The zero-order valence-corrected chi connectivity index (χ0v) is 12.1. The van der Waals surface area contributed by atoms with Crippen molar-refractivity contribution in [3.8, 4) is 6.07 Å². The van der Waals surface area contributed by atoms with Crippen LogP contribution in [0, 0.1) is 11.3 Å². The minimum atomic E-state index is -4.54. The lowest BCUT2D eigenvalue weighted by molar-refractivity contribution is -0.137. The number of carbonyl (C=O) groups is 1. The number of carbonyl (C=O) groups excluding carboxylic acids is 1. The van der Waals surface area contributed by atoms with Crippen LogP contribution in [0.2, 0.25) is 0 Å². The standard InChI is InChI=1S/C15H16F3N3O/c1-2-14(22)21-6-5-12(9-21)20-11-3-4-13(15(16,17)18)10(7-11)8-19/h3-4,7,12,20H,2,5-6,9H2,1H3. The van der Waals surface area contributed by atoms with Crippen molar-refractivity contribution in [3.63, 3.8) is 0 Å². The summed E-state index contributed by atoms with van der Waals surface area (Å²) in [5.74, 6) is 0.0643. The molecular weight excluding hydrogens is 295 g/mol. The Hall–Kier alpha value is -2.23. The molecule has 1 saturated heterocycles. The van der Waals surface area contributed by atoms with Gasteiger partial charge in [-0.15, -0.1) is 0 Å². The van der Waals surface area contributed by atoms with Crippen molar-refractivity contribution in [2.24, 2.45) is 0 Å². The number of alkyl halides is 3. The SMILES string of the molecule is CCC(=O)N1CCC(Nc2ccc(C(F)(F)F)c(C#N)c2)C1. The van der Waals surface area contributed by atoms with E-state index in [1.807, 2.05) is 0 Å². The highest BCUT2D eigenvalue weighted by Gasteiger charge is 2.33. The van der Waals surface area contributed by atoms with E-state index in [2.05, 4.69) is 5.32 Å². The molecule has 1 atom stereocenters. The number of hydrogen-bond donors (Lipinski definition) is 1. The Labute approximate surface area is 126 Å². The van der Waals surface area contributed by atoms with E-state index in [1.165, 1.54) is 12.1 Å². The van der Waals surface area contributed by atoms with Gasteiger partial charge < -0.3 is 10.2 Å². The molecule has 7 heteroatoms. The molecule has 1 aliphatic rings. The highest BCUT2D eigenvalue weighted by atomic mass is 19.4. The maximum absolute atomic E-state index is 12.7. The zero-order valence-electron chi connectivity index (χ0n) is 12.1. The van der Waals surface area contributed by atoms with Crippen LogP contribution < -0.4 is 5.32 Å². The summed E-state index contributed by atoms with van der Waals surface area (Å²) < 4.78 is 38.2. The first kappa shape index (κ1) is 16.1. The fraction of sp³-hybridized carbons (Fsp3) is 0.467. The predicted molar refractivity (Wildman–Crippen MR) is 75.1 cm³/mol. The number of nitrogens with zero attached hydrogens (tertiary/aromatic N) is 2. The van der Waals surface area contributed by atoms with Crippen molar-refractivity contribution in [2.75, 3.05) is 18.4 Å². The molecule has 1 fully saturated rings. The third kappa shape index (κ3) is 3.50. The summed E-state index contributed by atoms with van der Waals surface area (Å²) in [6, 6.07) is 4.99. The lowest BCUT2D eigenvalue weighted by Gasteiger charge is -2.18. The molecule has 1 N–H and O–H groups in total. The smallest absolute Gasteiger partial charge is 0.380 e. The zero-order chi connectivity index (χ0) is 16.3. The van der Waals surface area contributed by atoms with Crippen molar-refractivity contribution in [2.45, 2.75) is 32.0 Å². The van der Waals surface area contributed by atoms with Crippen LogP contribution in [-0.4, -0.2) is 29.9 Å². The van der Waals surface area contributed by atoms with Crippen molar-refractivity contribution in [1.82, 2.24) is 4.90 Å². The Bertz CT molecular complexity index is 607. The van der Waals surface area contributed by atoms with Gasteiger partial charge in [0.15, 0.2) is 0 Å². The van der Waals surface area contributed by atoms with Crippen LogP contribution in [0.3, 0.4) is 0 Å². The molecule has 1 aromatic carbocycles. The van der Waals surface area contributed by atoms with Crippen molar-refractivity contribution in [3.05, 3.63) is 29.3 Å². The molecule has 0 spiro atoms. The van der Waals surface area contributed by atoms with Crippen molar-refractivity contribution in [1.29, 1.82) is 5.26 Å². The number of benzene rings is 1. The molecule has 1 heterocycles. The van der Waals surface area contributed by atoms with Crippen LogP contribution in [-0.2, 0) is 11.0 Å². The molecule has 0 bridgehead atoms. The number of anilines is 1. The third-order valence-corrected chi connectivity index (χ3v) is 3.66. The highest BCUT2D eigenvalue weighted by Crippen LogP contribution is 2.33. The van der Waals surface area contributed by atoms with Crippen LogP contribution in [0.1, 0.15) is 30.9 Å². The maximum atomic E-state index is 12.7. The molecule has 22 heavy (non-hydrogen) atoms. The normalized spacial score (nSPS) is 18.1. The summed E-state index contributed by atoms with van der Waals surface area (Å²) >= 11 is 0. The molecule has 2 rings (SSSR count). The van der Waals surface area contributed by atoms with E-state index in [0.29, 0.717) is 25.2 Å². The summed E-state index contributed by atoms with van der Waals surface area (Å²) in [7, 11) is 0. The Morgan fingerprint density at radius 2 is 2.23 bits per heavy atom. The number of hydrogen-bond acceptors (Lipinski definition) is 3. The monoisotopic (exact) mass is 311 g/mol. The second kappa shape index (κ2) is 6.26. The molecule has 4 nitrogen and oxygen atoms in total. The molecule has 1 aromatic rings. The molecular formula is C15H16F3N3O. The van der Waals surface area contributed by atoms with Gasteiger partial charge in [-0.3, -0.25) is 4.79 Å². The van der Waals surface area contributed by atoms with E-state index in [1.54, 1.807) is 17.9 Å². The quantitative estimate of drug-likeness (QED) is 0.933. The molecule has 1 aliphatic heterocycles. The molecule has 1 amide bonds. The second-order valence-electron chi connectivity index (χ2n) is 5.19. The minimum Gasteiger partial charge on any atom is -0.380 e. The average Bonchev–Trinajstić information content (AvgIpc) is 2.93. The first-order chi connectivity index (χ1) is 10.3. The number of halogens is 3. The van der Waals surface area contributed by atoms with Gasteiger partial charge in [0.1, 0.15) is 0 Å². The van der Waals surface area contributed by atoms with Crippen molar-refractivity contribution < 1.29 is 18.0 Å². The molecule has 0 saturated carbocycles. The van der Waals surface area contributed by atoms with Gasteiger partial charge in [0.25, 0.3) is 0 Å². The Kier molecular flexibility index (Phi) is 4.59. The summed E-state index contributed by atoms with van der Waals surface area (Å²) in [6.45, 7) is 2.95. The van der Waals surface area contributed by atoms with Gasteiger partial charge in [-0.25, -0.2) is 0 Å². The number of nitriles is 1. The fourth-order valence-corrected chi connectivity index (χ4v) is 2.54. The fourth-order valence-electron chi connectivity index (χ4n) is 2.54. The van der Waals surface area contributed by atoms with Gasteiger partial charge in [0.05, 0.1) is 17.2 Å². The van der Waals surface area contributed by atoms with E-state index in [4.69, 9.17) is 5.26 Å². The first-order valence-electron chi connectivity index (χ1n) is 7.00. The van der Waals surface area contributed by atoms with Gasteiger partial charge in [0, 0.05) is 31.2 Å². The van der Waals surface area contributed by atoms with Gasteiger partial charge in [0.2, 0.25) is 5.91 Å². The van der Waals surface area contributed by atoms with Crippen molar-refractivity contribution >= 4 is 11.6 Å². The van der Waals surface area contributed by atoms with E-state index in [9.17, 15) is 18.0 Å². The van der Waals surface area contributed by atoms with Crippen LogP contribution >= 0.6 is 0 Å². The first-order valence-corrected chi connectivity index (χ1v) is 7.00. The molecule has 1 unspecified atom stereocenters. The van der Waals surface area contributed by atoms with E-state index < -0.39 is 17.3 Å². The van der Waals surface area contributed by atoms with Gasteiger partial charge in [-0.2, -0.15) is 18.4 Å². The van der Waals surface area contributed by atoms with Gasteiger partial charge >= 0.3 is 6.18 Å². The average molecular weight is 311 g/mol. The number of likely N-dealkylation sites (tertiary alicyclic amines) is 1. The van der Waals surface area contributed by atoms with Gasteiger partial charge in [-0.05, 0) is 24.6 Å². The summed E-state index contributed by atoms with van der Waals surface area (Å²) in [6.07, 6.45) is -3.37. The number of nitrogens with one attached hydrogen (secondary N) is 1. The second-order valence-corrected chi connectivity index (χ2v) is 5.19. The Morgan fingerprint density at radius 3 is 2.82 bits per heavy atom. The predicted octanol–water partition coefficient (Wildman–Crippen LogP) is 3.00. The summed E-state index contributed by atoms with van der Waals surface area (Å²) in [5, 5.41) is 12.0. The van der Waals surface area contributed by atoms with Crippen LogP contribution in [0.25, 0.3) is 0 Å². The van der Waals surface area contributed by atoms with Gasteiger partial charge in [-0.1, -0.05) is 6.92 Å². The minimum absolute atomic E-state index is 0.0150. The lowest BCUT2D eigenvalue weighted by atomic mass is 10.1. The summed E-state index contributed by atoms with van der Waals surface area (Å²) in [4.78, 5) is 13.3. The topological polar surface area (TPSA) is 56.1 Å². The third-order valence-electron chi connectivity index (χ3n) is 3.66. The number of amides is 1. The van der Waals surface area contributed by atoms with E-state index >= 15 is 0 Å².